The molecular weight excluding hydrogens is 242 g/mol. The van der Waals surface area contributed by atoms with Gasteiger partial charge in [-0.05, 0) is 25.0 Å². The van der Waals surface area contributed by atoms with Gasteiger partial charge < -0.3 is 5.32 Å². The highest BCUT2D eigenvalue weighted by molar-refractivity contribution is 7.98. The molecule has 88 valence electrons. The third-order valence-electron chi connectivity index (χ3n) is 2.77. The van der Waals surface area contributed by atoms with Gasteiger partial charge in [0.25, 0.3) is 0 Å². The molecule has 1 aliphatic carbocycles. The zero-order valence-corrected chi connectivity index (χ0v) is 11.1. The van der Waals surface area contributed by atoms with Crippen LogP contribution >= 0.6 is 23.4 Å². The molecule has 0 spiro atoms. The van der Waals surface area contributed by atoms with Gasteiger partial charge in [-0.15, -0.1) is 0 Å². The predicted octanol–water partition coefficient (Wildman–Crippen LogP) is 3.45. The third-order valence-corrected chi connectivity index (χ3v) is 3.51. The lowest BCUT2D eigenvalue weighted by atomic mass is 10.2. The molecule has 2 unspecified atom stereocenters. The van der Waals surface area contributed by atoms with Crippen LogP contribution in [0.15, 0.2) is 11.2 Å². The van der Waals surface area contributed by atoms with Crippen LogP contribution in [0.25, 0.3) is 0 Å². The Morgan fingerprint density at radius 2 is 2.38 bits per heavy atom. The van der Waals surface area contributed by atoms with Gasteiger partial charge in [-0.2, -0.15) is 0 Å². The second kappa shape index (κ2) is 5.23. The standard InChI is InChI=1S/C11H16ClN3S/c1-3-4-7-5-8(7)13-10-6-9(12)14-11(15-10)16-2/h6-8H,3-5H2,1-2H3,(H,13,14,15). The zero-order valence-electron chi connectivity index (χ0n) is 9.53. The Morgan fingerprint density at radius 3 is 3.06 bits per heavy atom. The van der Waals surface area contributed by atoms with Crippen molar-refractivity contribution in [1.82, 2.24) is 9.97 Å². The fourth-order valence-corrected chi connectivity index (χ4v) is 2.48. The summed E-state index contributed by atoms with van der Waals surface area (Å²) in [4.78, 5) is 8.50. The molecule has 1 fully saturated rings. The minimum atomic E-state index is 0.509. The van der Waals surface area contributed by atoms with E-state index in [4.69, 9.17) is 11.6 Å². The number of hydrogen-bond acceptors (Lipinski definition) is 4. The SMILES string of the molecule is CCCC1CC1Nc1cc(Cl)nc(SC)n1. The van der Waals surface area contributed by atoms with Crippen LogP contribution in [0.4, 0.5) is 5.82 Å². The van der Waals surface area contributed by atoms with Crippen LogP contribution in [0.2, 0.25) is 5.15 Å². The Morgan fingerprint density at radius 1 is 1.56 bits per heavy atom. The third kappa shape index (κ3) is 3.01. The fraction of sp³-hybridized carbons (Fsp3) is 0.636. The molecule has 0 radical (unpaired) electrons. The van der Waals surface area contributed by atoms with Gasteiger partial charge in [-0.25, -0.2) is 9.97 Å². The molecular formula is C11H16ClN3S. The van der Waals surface area contributed by atoms with Crippen molar-refractivity contribution < 1.29 is 0 Å². The number of rotatable bonds is 5. The molecule has 1 aromatic heterocycles. The first-order valence-electron chi connectivity index (χ1n) is 5.58. The van der Waals surface area contributed by atoms with E-state index >= 15 is 0 Å². The maximum atomic E-state index is 5.93. The molecule has 1 aliphatic rings. The lowest BCUT2D eigenvalue weighted by Gasteiger charge is -2.06. The van der Waals surface area contributed by atoms with Crippen molar-refractivity contribution in [3.05, 3.63) is 11.2 Å². The Bertz CT molecular complexity index is 372. The van der Waals surface area contributed by atoms with E-state index in [1.165, 1.54) is 31.0 Å². The van der Waals surface area contributed by atoms with E-state index in [0.29, 0.717) is 11.2 Å². The maximum Gasteiger partial charge on any atom is 0.190 e. The molecule has 1 N–H and O–H groups in total. The molecule has 0 aromatic carbocycles. The van der Waals surface area contributed by atoms with Gasteiger partial charge in [0.15, 0.2) is 5.16 Å². The minimum absolute atomic E-state index is 0.509. The molecule has 5 heteroatoms. The van der Waals surface area contributed by atoms with Crippen molar-refractivity contribution in [3.63, 3.8) is 0 Å². The van der Waals surface area contributed by atoms with E-state index in [1.54, 1.807) is 6.07 Å². The van der Waals surface area contributed by atoms with Gasteiger partial charge in [0.2, 0.25) is 0 Å². The van der Waals surface area contributed by atoms with Crippen molar-refractivity contribution in [2.24, 2.45) is 5.92 Å². The number of anilines is 1. The summed E-state index contributed by atoms with van der Waals surface area (Å²) < 4.78 is 0. The number of thioether (sulfide) groups is 1. The topological polar surface area (TPSA) is 37.8 Å². The molecule has 0 amide bonds. The van der Waals surface area contributed by atoms with Crippen LogP contribution < -0.4 is 5.32 Å². The summed E-state index contributed by atoms with van der Waals surface area (Å²) in [7, 11) is 0. The summed E-state index contributed by atoms with van der Waals surface area (Å²) in [6, 6.07) is 2.38. The quantitative estimate of drug-likeness (QED) is 0.498. The van der Waals surface area contributed by atoms with Gasteiger partial charge in [0, 0.05) is 12.1 Å². The molecule has 16 heavy (non-hydrogen) atoms. The van der Waals surface area contributed by atoms with E-state index in [2.05, 4.69) is 22.2 Å². The first-order chi connectivity index (χ1) is 7.72. The molecule has 0 aliphatic heterocycles. The normalized spacial score (nSPS) is 23.2. The van der Waals surface area contributed by atoms with Gasteiger partial charge in [0.1, 0.15) is 11.0 Å². The highest BCUT2D eigenvalue weighted by atomic mass is 35.5. The molecule has 1 saturated carbocycles. The molecule has 2 rings (SSSR count). The van der Waals surface area contributed by atoms with Crippen molar-refractivity contribution in [2.75, 3.05) is 11.6 Å². The summed E-state index contributed by atoms with van der Waals surface area (Å²) in [5, 5.41) is 4.65. The smallest absolute Gasteiger partial charge is 0.190 e. The average molecular weight is 258 g/mol. The lowest BCUT2D eigenvalue weighted by Crippen LogP contribution is -2.07. The Hall–Kier alpha value is -0.480. The average Bonchev–Trinajstić information content (AvgIpc) is 2.96. The molecule has 1 aromatic rings. The fourth-order valence-electron chi connectivity index (χ4n) is 1.87. The van der Waals surface area contributed by atoms with Crippen LogP contribution in [0.5, 0.6) is 0 Å². The van der Waals surface area contributed by atoms with E-state index in [1.807, 2.05) is 6.26 Å². The Balaban J connectivity index is 1.97. The summed E-state index contributed by atoms with van der Waals surface area (Å²) >= 11 is 7.43. The predicted molar refractivity (Wildman–Crippen MR) is 69.2 cm³/mol. The van der Waals surface area contributed by atoms with E-state index < -0.39 is 0 Å². The van der Waals surface area contributed by atoms with Crippen LogP contribution in [0.1, 0.15) is 26.2 Å². The van der Waals surface area contributed by atoms with Crippen LogP contribution in [-0.4, -0.2) is 22.3 Å². The summed E-state index contributed by atoms with van der Waals surface area (Å²) in [5.74, 6) is 1.67. The van der Waals surface area contributed by atoms with Crippen molar-refractivity contribution in [3.8, 4) is 0 Å². The second-order valence-corrected chi connectivity index (χ2v) is 5.26. The van der Waals surface area contributed by atoms with Crippen LogP contribution in [-0.2, 0) is 0 Å². The molecule has 2 atom stereocenters. The number of aromatic nitrogens is 2. The lowest BCUT2D eigenvalue weighted by molar-refractivity contribution is 0.691. The van der Waals surface area contributed by atoms with Gasteiger partial charge >= 0.3 is 0 Å². The summed E-state index contributed by atoms with van der Waals surface area (Å²) in [6.07, 6.45) is 5.76. The maximum absolute atomic E-state index is 5.93. The largest absolute Gasteiger partial charge is 0.367 e. The number of halogens is 1. The van der Waals surface area contributed by atoms with Crippen molar-refractivity contribution >= 4 is 29.2 Å². The molecule has 0 saturated heterocycles. The first kappa shape index (κ1) is 12.0. The van der Waals surface area contributed by atoms with E-state index in [9.17, 15) is 0 Å². The van der Waals surface area contributed by atoms with Crippen molar-refractivity contribution in [2.45, 2.75) is 37.4 Å². The van der Waals surface area contributed by atoms with Gasteiger partial charge in [-0.1, -0.05) is 36.7 Å². The van der Waals surface area contributed by atoms with E-state index in [0.717, 1.165) is 16.9 Å². The number of nitrogens with zero attached hydrogens (tertiary/aromatic N) is 2. The molecule has 1 heterocycles. The molecule has 0 bridgehead atoms. The number of hydrogen-bond donors (Lipinski definition) is 1. The van der Waals surface area contributed by atoms with Gasteiger partial charge in [0.05, 0.1) is 0 Å². The summed E-state index contributed by atoms with van der Waals surface area (Å²) in [5.41, 5.74) is 0. The molecule has 3 nitrogen and oxygen atoms in total. The number of nitrogens with one attached hydrogen (secondary N) is 1. The first-order valence-corrected chi connectivity index (χ1v) is 7.18. The van der Waals surface area contributed by atoms with Crippen molar-refractivity contribution in [1.29, 1.82) is 0 Å². The van der Waals surface area contributed by atoms with E-state index in [-0.39, 0.29) is 0 Å². The Labute approximate surface area is 105 Å². The monoisotopic (exact) mass is 257 g/mol. The second-order valence-electron chi connectivity index (χ2n) is 4.10. The summed E-state index contributed by atoms with van der Waals surface area (Å²) in [6.45, 7) is 2.22. The van der Waals surface area contributed by atoms with Crippen LogP contribution in [0.3, 0.4) is 0 Å². The minimum Gasteiger partial charge on any atom is -0.367 e. The Kier molecular flexibility index (Phi) is 3.92. The highest BCUT2D eigenvalue weighted by Crippen LogP contribution is 2.37. The van der Waals surface area contributed by atoms with Gasteiger partial charge in [-0.3, -0.25) is 0 Å². The van der Waals surface area contributed by atoms with Crippen LogP contribution in [0, 0.1) is 5.92 Å². The highest BCUT2D eigenvalue weighted by Gasteiger charge is 2.36. The zero-order chi connectivity index (χ0) is 11.5.